The second-order valence-corrected chi connectivity index (χ2v) is 13.7. The largest absolute Gasteiger partial charge is 0.465 e. The first-order chi connectivity index (χ1) is 20.4. The van der Waals surface area contributed by atoms with Crippen molar-refractivity contribution in [1.82, 2.24) is 0 Å². The van der Waals surface area contributed by atoms with Gasteiger partial charge in [0.15, 0.2) is 0 Å². The Balaban J connectivity index is 1.54. The Morgan fingerprint density at radius 1 is 0.366 bits per heavy atom. The summed E-state index contributed by atoms with van der Waals surface area (Å²) in [5.74, 6) is 0. The number of anilines is 6. The Morgan fingerprint density at radius 3 is 1.05 bits per heavy atom. The Labute approximate surface area is 242 Å². The normalized spacial score (nSPS) is 20.0. The molecule has 5 heteroatoms. The molecule has 0 N–H and O–H groups in total. The molecule has 41 heavy (non-hydrogen) atoms. The van der Waals surface area contributed by atoms with E-state index < -0.39 is 8.72 Å². The summed E-state index contributed by atoms with van der Waals surface area (Å²) in [6.07, 6.45) is 9.22. The van der Waals surface area contributed by atoms with Crippen molar-refractivity contribution in [2.45, 2.75) is 12.1 Å². The van der Waals surface area contributed by atoms with Crippen LogP contribution in [0.1, 0.15) is 0 Å². The van der Waals surface area contributed by atoms with E-state index in [2.05, 4.69) is 188 Å². The highest BCUT2D eigenvalue weighted by Gasteiger charge is 2.60. The van der Waals surface area contributed by atoms with Crippen molar-refractivity contribution in [1.29, 1.82) is 0 Å². The number of allylic oxidation sites excluding steroid dienone is 2. The van der Waals surface area contributed by atoms with Crippen molar-refractivity contribution in [2.75, 3.05) is 18.3 Å². The summed E-state index contributed by atoms with van der Waals surface area (Å²) in [5.41, 5.74) is 7.28. The fourth-order valence-corrected chi connectivity index (χ4v) is 12.5. The molecule has 1 fully saturated rings. The molecule has 8 rings (SSSR count). The van der Waals surface area contributed by atoms with Crippen LogP contribution in [0.4, 0.5) is 34.1 Å². The summed E-state index contributed by atoms with van der Waals surface area (Å²) in [6.45, 7) is 0. The number of fused-ring (bicyclic) bond motifs is 2. The van der Waals surface area contributed by atoms with Gasteiger partial charge in [-0.2, -0.15) is 0 Å². The molecule has 1 aliphatic carbocycles. The lowest BCUT2D eigenvalue weighted by atomic mass is 10.0. The number of nitrogens with zero attached hydrogens (tertiary/aromatic N) is 4. The van der Waals surface area contributed by atoms with Gasteiger partial charge in [0.25, 0.3) is 8.72 Å². The summed E-state index contributed by atoms with van der Waals surface area (Å²) < 4.78 is 10.9. The second-order valence-electron chi connectivity index (χ2n) is 10.6. The maximum absolute atomic E-state index is 3.15. The molecule has 2 heterocycles. The lowest BCUT2D eigenvalue weighted by molar-refractivity contribution is 0.745. The average molecular weight is 547 g/mol. The predicted octanol–water partition coefficient (Wildman–Crippen LogP) is 8.30. The summed E-state index contributed by atoms with van der Waals surface area (Å²) in [5, 5.41) is 0. The van der Waals surface area contributed by atoms with Gasteiger partial charge in [-0.05, 0) is 60.7 Å². The molecule has 2 atom stereocenters. The van der Waals surface area contributed by atoms with Gasteiger partial charge in [0.05, 0.1) is 0 Å². The third-order valence-corrected chi connectivity index (χ3v) is 13.0. The first-order valence-corrected chi connectivity index (χ1v) is 16.0. The molecular formula is C36H30N4Si-. The number of benzene rings is 5. The Hall–Kier alpha value is -5.00. The Morgan fingerprint density at radius 2 is 0.683 bits per heavy atom. The lowest BCUT2D eigenvalue weighted by Gasteiger charge is -2.62. The molecule has 3 aliphatic rings. The van der Waals surface area contributed by atoms with E-state index in [4.69, 9.17) is 0 Å². The van der Waals surface area contributed by atoms with Gasteiger partial charge >= 0.3 is 0 Å². The van der Waals surface area contributed by atoms with Gasteiger partial charge in [-0.15, -0.1) is 0 Å². The van der Waals surface area contributed by atoms with Gasteiger partial charge in [0.1, 0.15) is 0 Å². The maximum Gasteiger partial charge on any atom is 0.300 e. The van der Waals surface area contributed by atoms with Gasteiger partial charge in [0, 0.05) is 46.2 Å². The quantitative estimate of drug-likeness (QED) is 0.210. The fourth-order valence-electron chi connectivity index (χ4n) is 6.92. The SMILES string of the molecule is C1=CC2C(C=C1)N(c1ccccc1)[Si-]1(N(c3ccccc3)c3ccccc3N1c1ccccc1)N2c1ccccc1. The van der Waals surface area contributed by atoms with Crippen LogP contribution in [-0.4, -0.2) is 20.8 Å². The smallest absolute Gasteiger partial charge is 0.300 e. The third kappa shape index (κ3) is 3.46. The van der Waals surface area contributed by atoms with E-state index in [0.717, 1.165) is 0 Å². The first kappa shape index (κ1) is 23.8. The van der Waals surface area contributed by atoms with E-state index in [0.29, 0.717) is 0 Å². The van der Waals surface area contributed by atoms with Crippen molar-refractivity contribution >= 4 is 42.8 Å². The summed E-state index contributed by atoms with van der Waals surface area (Å²) in [7, 11) is -3.15. The molecule has 0 saturated carbocycles. The van der Waals surface area contributed by atoms with E-state index in [1.54, 1.807) is 0 Å². The standard InChI is InChI=1S/C36H30N4Si/c1-5-17-29(18-6-1)37-33-25-13-14-26-34(33)38(30-19-7-2-8-20-30)41(37)39(31-21-9-3-10-22-31)35-27-15-16-28-36(35)40(41)32-23-11-4-12-24-32/h1-28,33-34H/q-1. The van der Waals surface area contributed by atoms with Gasteiger partial charge in [0.2, 0.25) is 0 Å². The van der Waals surface area contributed by atoms with E-state index in [-0.39, 0.29) is 12.1 Å². The molecule has 5 aromatic rings. The number of hydrogen-bond donors (Lipinski definition) is 0. The highest BCUT2D eigenvalue weighted by molar-refractivity contribution is 6.97. The zero-order valence-electron chi connectivity index (χ0n) is 22.6. The Kier molecular flexibility index (Phi) is 5.57. The molecular weight excluding hydrogens is 517 g/mol. The monoisotopic (exact) mass is 546 g/mol. The van der Waals surface area contributed by atoms with Crippen LogP contribution in [0, 0.1) is 0 Å². The molecule has 5 aromatic carbocycles. The summed E-state index contributed by atoms with van der Waals surface area (Å²) >= 11 is 0. The molecule has 0 bridgehead atoms. The zero-order valence-corrected chi connectivity index (χ0v) is 23.6. The molecule has 2 unspecified atom stereocenters. The minimum Gasteiger partial charge on any atom is -0.465 e. The van der Waals surface area contributed by atoms with Gasteiger partial charge < -0.3 is 18.3 Å². The molecule has 199 valence electrons. The minimum absolute atomic E-state index is 0.140. The third-order valence-electron chi connectivity index (χ3n) is 8.38. The Bertz CT molecular complexity index is 1590. The van der Waals surface area contributed by atoms with Crippen LogP contribution in [-0.2, 0) is 0 Å². The molecule has 0 aromatic heterocycles. The minimum atomic E-state index is -3.15. The van der Waals surface area contributed by atoms with Crippen molar-refractivity contribution in [3.63, 3.8) is 0 Å². The average Bonchev–Trinajstić information content (AvgIpc) is 3.51. The van der Waals surface area contributed by atoms with Crippen molar-refractivity contribution in [3.05, 3.63) is 170 Å². The van der Waals surface area contributed by atoms with Gasteiger partial charge in [-0.25, -0.2) is 0 Å². The van der Waals surface area contributed by atoms with Gasteiger partial charge in [-0.1, -0.05) is 109 Å². The van der Waals surface area contributed by atoms with Crippen molar-refractivity contribution < 1.29 is 0 Å². The van der Waals surface area contributed by atoms with Crippen LogP contribution < -0.4 is 18.3 Å². The van der Waals surface area contributed by atoms with E-state index in [9.17, 15) is 0 Å². The van der Waals surface area contributed by atoms with Gasteiger partial charge in [-0.3, -0.25) is 0 Å². The molecule has 4 nitrogen and oxygen atoms in total. The van der Waals surface area contributed by atoms with Crippen molar-refractivity contribution in [2.24, 2.45) is 0 Å². The van der Waals surface area contributed by atoms with Crippen LogP contribution >= 0.6 is 0 Å². The number of para-hydroxylation sites is 6. The van der Waals surface area contributed by atoms with Crippen LogP contribution in [0.15, 0.2) is 170 Å². The zero-order chi connectivity index (χ0) is 27.2. The van der Waals surface area contributed by atoms with E-state index in [1.807, 2.05) is 0 Å². The second kappa shape index (κ2) is 9.57. The van der Waals surface area contributed by atoms with Crippen LogP contribution in [0.5, 0.6) is 0 Å². The number of rotatable bonds is 4. The maximum atomic E-state index is 2.75. The molecule has 2 aliphatic heterocycles. The summed E-state index contributed by atoms with van der Waals surface area (Å²) in [4.78, 5) is 0. The fraction of sp³-hybridized carbons (Fsp3) is 0.0556. The predicted molar refractivity (Wildman–Crippen MR) is 173 cm³/mol. The highest BCUT2D eigenvalue weighted by atomic mass is 28.4. The van der Waals surface area contributed by atoms with Crippen LogP contribution in [0.2, 0.25) is 0 Å². The highest BCUT2D eigenvalue weighted by Crippen LogP contribution is 2.58. The molecule has 0 radical (unpaired) electrons. The summed E-state index contributed by atoms with van der Waals surface area (Å²) in [6, 6.07) is 53.1. The van der Waals surface area contributed by atoms with Crippen molar-refractivity contribution in [3.8, 4) is 0 Å². The molecule has 1 saturated heterocycles. The van der Waals surface area contributed by atoms with E-state index in [1.165, 1.54) is 34.1 Å². The van der Waals surface area contributed by atoms with E-state index >= 15 is 0 Å². The molecule has 0 amide bonds. The topological polar surface area (TPSA) is 13.0 Å². The lowest BCUT2D eigenvalue weighted by Crippen LogP contribution is -2.77. The number of hydrogen-bond acceptors (Lipinski definition) is 4. The van der Waals surface area contributed by atoms with Crippen LogP contribution in [0.25, 0.3) is 0 Å². The first-order valence-electron chi connectivity index (χ1n) is 14.2. The van der Waals surface area contributed by atoms with Crippen LogP contribution in [0.3, 0.4) is 0 Å². The molecule has 1 spiro atoms.